The third-order valence-corrected chi connectivity index (χ3v) is 5.93. The fraction of sp³-hybridized carbons (Fsp3) is 0.222. The fourth-order valence-electron chi connectivity index (χ4n) is 2.78. The Balaban J connectivity index is 1.57. The first kappa shape index (κ1) is 17.0. The molecule has 1 aliphatic heterocycles. The largest absolute Gasteiger partial charge is 0.467 e. The highest BCUT2D eigenvalue weighted by molar-refractivity contribution is 8.01. The molecule has 132 valence electrons. The summed E-state index contributed by atoms with van der Waals surface area (Å²) in [5.74, 6) is 0.927. The van der Waals surface area contributed by atoms with Crippen LogP contribution in [0.15, 0.2) is 62.0 Å². The number of aromatic nitrogens is 2. The standard InChI is InChI=1S/C18H16N4O2S2/c1-12-4-6-13(7-5-12)14-9-15(16-3-2-8-24-16)22(21-14)17(23)10-25-18-20-19-11-26-18/h2-8,11,15H,9-10H2,1H3/t15-/m0/s1. The zero-order chi connectivity index (χ0) is 17.9. The number of amides is 1. The molecule has 1 aromatic carbocycles. The van der Waals surface area contributed by atoms with Crippen molar-refractivity contribution in [3.05, 3.63) is 65.1 Å². The minimum atomic E-state index is -0.219. The third-order valence-electron chi connectivity index (χ3n) is 4.08. The molecule has 3 heterocycles. The van der Waals surface area contributed by atoms with Crippen LogP contribution in [-0.4, -0.2) is 32.6 Å². The van der Waals surface area contributed by atoms with Crippen LogP contribution in [0.25, 0.3) is 0 Å². The number of nitrogens with zero attached hydrogens (tertiary/aromatic N) is 4. The van der Waals surface area contributed by atoms with E-state index >= 15 is 0 Å². The molecule has 6 nitrogen and oxygen atoms in total. The first-order valence-electron chi connectivity index (χ1n) is 8.09. The van der Waals surface area contributed by atoms with Gasteiger partial charge in [-0.25, -0.2) is 5.01 Å². The van der Waals surface area contributed by atoms with Crippen LogP contribution < -0.4 is 0 Å². The van der Waals surface area contributed by atoms with Crippen molar-refractivity contribution in [3.8, 4) is 0 Å². The van der Waals surface area contributed by atoms with Gasteiger partial charge in [0, 0.05) is 6.42 Å². The van der Waals surface area contributed by atoms with Gasteiger partial charge in [0.2, 0.25) is 0 Å². The fourth-order valence-corrected chi connectivity index (χ4v) is 4.12. The van der Waals surface area contributed by atoms with Gasteiger partial charge in [-0.2, -0.15) is 5.10 Å². The number of benzene rings is 1. The molecule has 4 rings (SSSR count). The first-order valence-corrected chi connectivity index (χ1v) is 9.96. The van der Waals surface area contributed by atoms with Gasteiger partial charge in [0.1, 0.15) is 17.3 Å². The molecule has 8 heteroatoms. The van der Waals surface area contributed by atoms with E-state index in [4.69, 9.17) is 4.42 Å². The van der Waals surface area contributed by atoms with Gasteiger partial charge in [0.15, 0.2) is 4.34 Å². The van der Waals surface area contributed by atoms with Crippen LogP contribution in [0.4, 0.5) is 0 Å². The van der Waals surface area contributed by atoms with E-state index in [1.165, 1.54) is 28.7 Å². The predicted molar refractivity (Wildman–Crippen MR) is 101 cm³/mol. The number of carbonyl (C=O) groups excluding carboxylic acids is 1. The van der Waals surface area contributed by atoms with Crippen molar-refractivity contribution in [2.24, 2.45) is 5.10 Å². The molecule has 0 spiro atoms. The zero-order valence-corrected chi connectivity index (χ0v) is 15.7. The normalized spacial score (nSPS) is 16.7. The molecular weight excluding hydrogens is 368 g/mol. The van der Waals surface area contributed by atoms with E-state index in [1.54, 1.807) is 16.8 Å². The summed E-state index contributed by atoms with van der Waals surface area (Å²) in [4.78, 5) is 12.8. The highest BCUT2D eigenvalue weighted by Gasteiger charge is 2.34. The number of rotatable bonds is 5. The molecule has 0 saturated heterocycles. The summed E-state index contributed by atoms with van der Waals surface area (Å²) in [5.41, 5.74) is 4.76. The second-order valence-corrected chi connectivity index (χ2v) is 7.94. The summed E-state index contributed by atoms with van der Waals surface area (Å²) in [7, 11) is 0. The summed E-state index contributed by atoms with van der Waals surface area (Å²) in [5, 5.41) is 13.9. The van der Waals surface area contributed by atoms with E-state index in [0.717, 1.165) is 21.4 Å². The van der Waals surface area contributed by atoms with E-state index in [0.29, 0.717) is 6.42 Å². The second kappa shape index (κ2) is 7.43. The molecule has 1 atom stereocenters. The molecule has 2 aromatic heterocycles. The minimum absolute atomic E-state index is 0.0753. The maximum atomic E-state index is 12.8. The summed E-state index contributed by atoms with van der Waals surface area (Å²) in [6, 6.07) is 11.7. The first-order chi connectivity index (χ1) is 12.7. The Hall–Kier alpha value is -2.45. The van der Waals surface area contributed by atoms with Crippen molar-refractivity contribution < 1.29 is 9.21 Å². The van der Waals surface area contributed by atoms with Gasteiger partial charge >= 0.3 is 0 Å². The van der Waals surface area contributed by atoms with Crippen LogP contribution in [0.2, 0.25) is 0 Å². The molecule has 0 N–H and O–H groups in total. The van der Waals surface area contributed by atoms with E-state index < -0.39 is 0 Å². The van der Waals surface area contributed by atoms with Gasteiger partial charge < -0.3 is 4.42 Å². The molecule has 0 bridgehead atoms. The van der Waals surface area contributed by atoms with E-state index in [2.05, 4.69) is 27.4 Å². The molecule has 26 heavy (non-hydrogen) atoms. The SMILES string of the molecule is Cc1ccc(C2=NN(C(=O)CSc3nncs3)[C@H](c3ccco3)C2)cc1. The van der Waals surface area contributed by atoms with Gasteiger partial charge in [-0.15, -0.1) is 10.2 Å². The maximum Gasteiger partial charge on any atom is 0.253 e. The number of hydrogen-bond acceptors (Lipinski definition) is 7. The van der Waals surface area contributed by atoms with Crippen LogP contribution in [0.3, 0.4) is 0 Å². The van der Waals surface area contributed by atoms with Crippen molar-refractivity contribution in [2.75, 3.05) is 5.75 Å². The Morgan fingerprint density at radius 3 is 2.88 bits per heavy atom. The molecule has 0 radical (unpaired) electrons. The van der Waals surface area contributed by atoms with Crippen LogP contribution in [0.5, 0.6) is 0 Å². The van der Waals surface area contributed by atoms with Crippen LogP contribution in [0, 0.1) is 6.92 Å². The number of carbonyl (C=O) groups is 1. The Labute approximate surface area is 158 Å². The lowest BCUT2D eigenvalue weighted by atomic mass is 10.0. The highest BCUT2D eigenvalue weighted by Crippen LogP contribution is 2.34. The Bertz CT molecular complexity index is 905. The Morgan fingerprint density at radius 2 is 2.19 bits per heavy atom. The maximum absolute atomic E-state index is 12.8. The van der Waals surface area contributed by atoms with Gasteiger partial charge in [0.25, 0.3) is 5.91 Å². The number of hydrazone groups is 1. The number of furan rings is 1. The Morgan fingerprint density at radius 1 is 1.35 bits per heavy atom. The topological polar surface area (TPSA) is 71.6 Å². The van der Waals surface area contributed by atoms with E-state index in [1.807, 2.05) is 31.2 Å². The number of thioether (sulfide) groups is 1. The van der Waals surface area contributed by atoms with Crippen LogP contribution in [0.1, 0.15) is 29.3 Å². The van der Waals surface area contributed by atoms with Crippen molar-refractivity contribution >= 4 is 34.7 Å². The summed E-state index contributed by atoms with van der Waals surface area (Å²) >= 11 is 2.79. The summed E-state index contributed by atoms with van der Waals surface area (Å²) in [6.07, 6.45) is 2.25. The molecule has 0 aliphatic carbocycles. The Kier molecular flexibility index (Phi) is 4.85. The lowest BCUT2D eigenvalue weighted by Gasteiger charge is -2.19. The average Bonchev–Trinajstić information content (AvgIpc) is 3.41. The van der Waals surface area contributed by atoms with Crippen molar-refractivity contribution in [3.63, 3.8) is 0 Å². The molecule has 0 unspecified atom stereocenters. The van der Waals surface area contributed by atoms with Gasteiger partial charge in [-0.1, -0.05) is 52.9 Å². The summed E-state index contributed by atoms with van der Waals surface area (Å²) in [6.45, 7) is 2.05. The second-order valence-electron chi connectivity index (χ2n) is 5.88. The lowest BCUT2D eigenvalue weighted by molar-refractivity contribution is -0.130. The van der Waals surface area contributed by atoms with Gasteiger partial charge in [-0.3, -0.25) is 4.79 Å². The van der Waals surface area contributed by atoms with E-state index in [-0.39, 0.29) is 17.7 Å². The molecule has 1 aliphatic rings. The van der Waals surface area contributed by atoms with Crippen LogP contribution >= 0.6 is 23.1 Å². The molecule has 0 fully saturated rings. The van der Waals surface area contributed by atoms with Crippen LogP contribution in [-0.2, 0) is 4.79 Å². The third kappa shape index (κ3) is 3.56. The van der Waals surface area contributed by atoms with Gasteiger partial charge in [-0.05, 0) is 24.6 Å². The average molecular weight is 384 g/mol. The van der Waals surface area contributed by atoms with Crippen molar-refractivity contribution in [1.29, 1.82) is 0 Å². The van der Waals surface area contributed by atoms with Gasteiger partial charge in [0.05, 0.1) is 17.7 Å². The molecule has 1 amide bonds. The quantitative estimate of drug-likeness (QED) is 0.624. The molecular formula is C18H16N4O2S2. The smallest absolute Gasteiger partial charge is 0.253 e. The molecule has 0 saturated carbocycles. The summed E-state index contributed by atoms with van der Waals surface area (Å²) < 4.78 is 6.33. The number of aryl methyl sites for hydroxylation is 1. The molecule has 3 aromatic rings. The minimum Gasteiger partial charge on any atom is -0.467 e. The lowest BCUT2D eigenvalue weighted by Crippen LogP contribution is -2.28. The zero-order valence-electron chi connectivity index (χ0n) is 14.0. The number of hydrogen-bond donors (Lipinski definition) is 0. The van der Waals surface area contributed by atoms with E-state index in [9.17, 15) is 4.79 Å². The van der Waals surface area contributed by atoms with Crippen molar-refractivity contribution in [1.82, 2.24) is 15.2 Å². The predicted octanol–water partition coefficient (Wildman–Crippen LogP) is 3.91. The van der Waals surface area contributed by atoms with Crippen molar-refractivity contribution in [2.45, 2.75) is 23.7 Å². The monoisotopic (exact) mass is 384 g/mol. The highest BCUT2D eigenvalue weighted by atomic mass is 32.2.